The minimum absolute atomic E-state index is 0.00712. The van der Waals surface area contributed by atoms with Gasteiger partial charge in [-0.25, -0.2) is 4.79 Å². The van der Waals surface area contributed by atoms with Gasteiger partial charge in [-0.05, 0) is 53.6 Å². The summed E-state index contributed by atoms with van der Waals surface area (Å²) in [6.45, 7) is 0. The summed E-state index contributed by atoms with van der Waals surface area (Å²) in [4.78, 5) is 49.8. The van der Waals surface area contributed by atoms with Crippen molar-refractivity contribution in [1.82, 2.24) is 0 Å². The van der Waals surface area contributed by atoms with Crippen LogP contribution in [-0.4, -0.2) is 54.6 Å². The van der Waals surface area contributed by atoms with E-state index in [2.05, 4.69) is 0 Å². The van der Waals surface area contributed by atoms with E-state index in [9.17, 15) is 44.7 Å². The summed E-state index contributed by atoms with van der Waals surface area (Å²) in [6.07, 6.45) is -0.189. The molecule has 36 heavy (non-hydrogen) atoms. The standard InChI is InChI=1S/C26H21NO9/c27-24(33)20-17(29)9-13-7-12-8-15-14(10-2-1-3-11(6-10)25(34)35)4-5-16(28)19(15)21(30)18(12)22(31)26(13,36)23(20)32/h1-6,12-13,28-29,31,36H,7-9H2,(H2,27,33)(H,34,35)/t12-,13?,26+/m1/s1. The van der Waals surface area contributed by atoms with Crippen LogP contribution in [0, 0.1) is 11.8 Å². The van der Waals surface area contributed by atoms with Gasteiger partial charge in [-0.2, -0.15) is 0 Å². The van der Waals surface area contributed by atoms with Crippen LogP contribution in [0.3, 0.4) is 0 Å². The maximum absolute atomic E-state index is 13.6. The normalized spacial score (nSPS) is 25.2. The summed E-state index contributed by atoms with van der Waals surface area (Å²) >= 11 is 0. The molecule has 7 N–H and O–H groups in total. The first kappa shape index (κ1) is 23.3. The molecule has 0 spiro atoms. The van der Waals surface area contributed by atoms with Gasteiger partial charge in [0.1, 0.15) is 22.8 Å². The Morgan fingerprint density at radius 3 is 2.42 bits per heavy atom. The van der Waals surface area contributed by atoms with Crippen LogP contribution in [0.1, 0.15) is 39.1 Å². The molecule has 2 aromatic rings. The molecular formula is C26H21NO9. The zero-order chi connectivity index (χ0) is 26.1. The first-order chi connectivity index (χ1) is 17.0. The lowest BCUT2D eigenvalue weighted by molar-refractivity contribution is -0.144. The predicted octanol–water partition coefficient (Wildman–Crippen LogP) is 1.95. The average Bonchev–Trinajstić information content (AvgIpc) is 2.81. The van der Waals surface area contributed by atoms with Crippen molar-refractivity contribution < 1.29 is 44.7 Å². The number of ketones is 2. The molecule has 5 rings (SSSR count). The number of phenols is 1. The van der Waals surface area contributed by atoms with Crippen LogP contribution in [-0.2, 0) is 16.0 Å². The van der Waals surface area contributed by atoms with E-state index < -0.39 is 58.0 Å². The van der Waals surface area contributed by atoms with E-state index >= 15 is 0 Å². The maximum Gasteiger partial charge on any atom is 0.335 e. The van der Waals surface area contributed by atoms with E-state index in [1.165, 1.54) is 18.2 Å². The molecule has 0 heterocycles. The number of hydrogen-bond donors (Lipinski definition) is 6. The van der Waals surface area contributed by atoms with Crippen molar-refractivity contribution in [3.05, 3.63) is 75.8 Å². The van der Waals surface area contributed by atoms with Gasteiger partial charge >= 0.3 is 5.97 Å². The fourth-order valence-electron chi connectivity index (χ4n) is 5.71. The molecule has 2 aromatic carbocycles. The van der Waals surface area contributed by atoms with Gasteiger partial charge in [0.2, 0.25) is 5.78 Å². The molecule has 10 heteroatoms. The summed E-state index contributed by atoms with van der Waals surface area (Å²) in [6, 6.07) is 8.92. The number of aromatic carboxylic acids is 1. The highest BCUT2D eigenvalue weighted by atomic mass is 16.4. The third-order valence-electron chi connectivity index (χ3n) is 7.37. The molecule has 0 saturated carbocycles. The highest BCUT2D eigenvalue weighted by Gasteiger charge is 2.59. The molecule has 0 bridgehead atoms. The molecule has 0 radical (unpaired) electrons. The fraction of sp³-hybridized carbons (Fsp3) is 0.231. The maximum atomic E-state index is 13.6. The van der Waals surface area contributed by atoms with Crippen molar-refractivity contribution in [3.8, 4) is 16.9 Å². The zero-order valence-corrected chi connectivity index (χ0v) is 18.7. The van der Waals surface area contributed by atoms with Crippen molar-refractivity contribution in [2.75, 3.05) is 0 Å². The van der Waals surface area contributed by atoms with Gasteiger partial charge in [-0.1, -0.05) is 18.2 Å². The molecule has 0 aliphatic heterocycles. The summed E-state index contributed by atoms with van der Waals surface area (Å²) in [5, 5.41) is 52.5. The predicted molar refractivity (Wildman–Crippen MR) is 123 cm³/mol. The number of carboxylic acids is 1. The van der Waals surface area contributed by atoms with Crippen molar-refractivity contribution in [3.63, 3.8) is 0 Å². The molecule has 184 valence electrons. The number of amides is 1. The number of Topliss-reactive ketones (excluding diaryl/α,β-unsaturated/α-hetero) is 2. The number of rotatable bonds is 3. The van der Waals surface area contributed by atoms with Crippen LogP contribution in [0.4, 0.5) is 0 Å². The van der Waals surface area contributed by atoms with Crippen LogP contribution < -0.4 is 5.73 Å². The second-order valence-corrected chi connectivity index (χ2v) is 9.28. The molecule has 0 fully saturated rings. The van der Waals surface area contributed by atoms with E-state index in [4.69, 9.17) is 5.73 Å². The number of carboxylic acid groups (broad SMARTS) is 1. The number of primary amides is 1. The number of fused-ring (bicyclic) bond motifs is 3. The fourth-order valence-corrected chi connectivity index (χ4v) is 5.71. The Morgan fingerprint density at radius 2 is 1.75 bits per heavy atom. The van der Waals surface area contributed by atoms with Gasteiger partial charge in [0, 0.05) is 17.9 Å². The third kappa shape index (κ3) is 3.07. The Balaban J connectivity index is 1.68. The van der Waals surface area contributed by atoms with Crippen molar-refractivity contribution >= 4 is 23.4 Å². The first-order valence-corrected chi connectivity index (χ1v) is 11.1. The lowest BCUT2D eigenvalue weighted by Crippen LogP contribution is -2.57. The van der Waals surface area contributed by atoms with Gasteiger partial charge in [0.15, 0.2) is 11.4 Å². The molecule has 3 aliphatic rings. The van der Waals surface area contributed by atoms with Gasteiger partial charge < -0.3 is 31.3 Å². The molecule has 0 aromatic heterocycles. The molecule has 3 atom stereocenters. The van der Waals surface area contributed by atoms with E-state index in [1.54, 1.807) is 18.2 Å². The molecule has 1 amide bonds. The third-order valence-corrected chi connectivity index (χ3v) is 7.37. The highest BCUT2D eigenvalue weighted by molar-refractivity contribution is 6.24. The smallest absolute Gasteiger partial charge is 0.335 e. The number of benzene rings is 2. The van der Waals surface area contributed by atoms with Gasteiger partial charge in [-0.15, -0.1) is 0 Å². The first-order valence-electron chi connectivity index (χ1n) is 11.1. The van der Waals surface area contributed by atoms with Crippen LogP contribution in [0.15, 0.2) is 59.1 Å². The Kier molecular flexibility index (Phi) is 5.04. The second-order valence-electron chi connectivity index (χ2n) is 9.28. The number of phenolic OH excluding ortho intramolecular Hbond substituents is 1. The summed E-state index contributed by atoms with van der Waals surface area (Å²) in [7, 11) is 0. The van der Waals surface area contributed by atoms with Crippen molar-refractivity contribution in [1.29, 1.82) is 0 Å². The lowest BCUT2D eigenvalue weighted by atomic mass is 9.60. The number of aliphatic hydroxyl groups is 3. The Hall–Kier alpha value is -4.44. The monoisotopic (exact) mass is 491 g/mol. The van der Waals surface area contributed by atoms with Crippen LogP contribution in [0.2, 0.25) is 0 Å². The Labute approximate surface area is 203 Å². The average molecular weight is 491 g/mol. The molecular weight excluding hydrogens is 470 g/mol. The minimum Gasteiger partial charge on any atom is -0.511 e. The summed E-state index contributed by atoms with van der Waals surface area (Å²) in [5.41, 5.74) is 2.82. The topological polar surface area (TPSA) is 195 Å². The lowest BCUT2D eigenvalue weighted by Gasteiger charge is -2.45. The number of carbonyl (C=O) groups excluding carboxylic acids is 3. The van der Waals surface area contributed by atoms with E-state index in [0.29, 0.717) is 16.7 Å². The van der Waals surface area contributed by atoms with Gasteiger partial charge in [0.25, 0.3) is 5.91 Å². The SMILES string of the molecule is NC(=O)C1=C(O)CC2C[C@@H]3Cc4c(-c5cccc(C(=O)O)c5)ccc(O)c4C(=O)C3=C(O)[C@]2(O)C1=O. The number of aliphatic hydroxyl groups excluding tert-OH is 2. The zero-order valence-electron chi connectivity index (χ0n) is 18.7. The summed E-state index contributed by atoms with van der Waals surface area (Å²) < 4.78 is 0. The highest BCUT2D eigenvalue weighted by Crippen LogP contribution is 2.52. The number of carbonyl (C=O) groups is 4. The molecule has 3 aliphatic carbocycles. The Bertz CT molecular complexity index is 1470. The number of aromatic hydroxyl groups is 1. The van der Waals surface area contributed by atoms with E-state index in [1.807, 2.05) is 0 Å². The van der Waals surface area contributed by atoms with Gasteiger partial charge in [-0.3, -0.25) is 14.4 Å². The van der Waals surface area contributed by atoms with Crippen LogP contribution >= 0.6 is 0 Å². The van der Waals surface area contributed by atoms with Crippen LogP contribution in [0.5, 0.6) is 5.75 Å². The number of nitrogens with two attached hydrogens (primary N) is 1. The van der Waals surface area contributed by atoms with Crippen LogP contribution in [0.25, 0.3) is 11.1 Å². The van der Waals surface area contributed by atoms with Crippen molar-refractivity contribution in [2.24, 2.45) is 17.6 Å². The largest absolute Gasteiger partial charge is 0.511 e. The molecule has 1 unspecified atom stereocenters. The van der Waals surface area contributed by atoms with E-state index in [0.717, 1.165) is 0 Å². The number of hydrogen-bond acceptors (Lipinski definition) is 8. The minimum atomic E-state index is -2.63. The Morgan fingerprint density at radius 1 is 1.03 bits per heavy atom. The molecule has 0 saturated heterocycles. The van der Waals surface area contributed by atoms with E-state index in [-0.39, 0.29) is 41.7 Å². The quantitative estimate of drug-likeness (QED) is 0.348. The number of allylic oxidation sites excluding steroid dienone is 2. The molecule has 10 nitrogen and oxygen atoms in total. The summed E-state index contributed by atoms with van der Waals surface area (Å²) in [5.74, 6) is -8.10. The van der Waals surface area contributed by atoms with Crippen molar-refractivity contribution in [2.45, 2.75) is 24.9 Å². The second kappa shape index (κ2) is 7.79. The van der Waals surface area contributed by atoms with Gasteiger partial charge in [0.05, 0.1) is 11.1 Å².